The van der Waals surface area contributed by atoms with Gasteiger partial charge in [-0.2, -0.15) is 0 Å². The third-order valence-corrected chi connectivity index (χ3v) is 3.03. The Morgan fingerprint density at radius 2 is 2.11 bits per heavy atom. The van der Waals surface area contributed by atoms with Gasteiger partial charge in [-0.1, -0.05) is 0 Å². The van der Waals surface area contributed by atoms with Gasteiger partial charge in [0.1, 0.15) is 5.75 Å². The number of phenolic OH excluding ortho intramolecular Hbond substituents is 1. The molecule has 1 aromatic heterocycles. The third-order valence-electron chi connectivity index (χ3n) is 3.03. The SMILES string of the molecule is CCn1c(=O)c(CC(=O)OC)cc2ccc(O)cc21. The van der Waals surface area contributed by atoms with Gasteiger partial charge in [-0.25, -0.2) is 0 Å². The summed E-state index contributed by atoms with van der Waals surface area (Å²) in [5.41, 5.74) is 0.819. The molecule has 0 unspecified atom stereocenters. The van der Waals surface area contributed by atoms with Crippen LogP contribution in [0.3, 0.4) is 0 Å². The maximum absolute atomic E-state index is 12.3. The third kappa shape index (κ3) is 2.45. The number of pyridine rings is 1. The molecule has 1 heterocycles. The Balaban J connectivity index is 2.68. The lowest BCUT2D eigenvalue weighted by molar-refractivity contribution is -0.139. The van der Waals surface area contributed by atoms with Gasteiger partial charge in [-0.05, 0) is 30.5 Å². The largest absolute Gasteiger partial charge is 0.508 e. The first-order chi connectivity index (χ1) is 9.06. The second-order valence-electron chi connectivity index (χ2n) is 4.22. The van der Waals surface area contributed by atoms with Crippen molar-refractivity contribution in [2.45, 2.75) is 19.9 Å². The van der Waals surface area contributed by atoms with E-state index in [4.69, 9.17) is 0 Å². The number of methoxy groups -OCH3 is 1. The molecule has 0 saturated carbocycles. The van der Waals surface area contributed by atoms with Crippen molar-refractivity contribution in [1.29, 1.82) is 0 Å². The molecule has 0 aliphatic heterocycles. The van der Waals surface area contributed by atoms with Crippen LogP contribution >= 0.6 is 0 Å². The Kier molecular flexibility index (Phi) is 3.55. The summed E-state index contributed by atoms with van der Waals surface area (Å²) in [4.78, 5) is 23.6. The first-order valence-corrected chi connectivity index (χ1v) is 5.99. The summed E-state index contributed by atoms with van der Waals surface area (Å²) in [6, 6.07) is 6.48. The van der Waals surface area contributed by atoms with E-state index in [9.17, 15) is 14.7 Å². The number of fused-ring (bicyclic) bond motifs is 1. The van der Waals surface area contributed by atoms with Gasteiger partial charge in [0.25, 0.3) is 5.56 Å². The minimum atomic E-state index is -0.446. The van der Waals surface area contributed by atoms with Crippen LogP contribution in [0.15, 0.2) is 29.1 Å². The Morgan fingerprint density at radius 1 is 1.37 bits per heavy atom. The molecule has 0 spiro atoms. The molecular weight excluding hydrogens is 246 g/mol. The molecule has 2 rings (SSSR count). The van der Waals surface area contributed by atoms with Crippen LogP contribution in [0, 0.1) is 0 Å². The van der Waals surface area contributed by atoms with Crippen LogP contribution in [0.4, 0.5) is 0 Å². The lowest BCUT2D eigenvalue weighted by Gasteiger charge is -2.11. The molecule has 5 nitrogen and oxygen atoms in total. The standard InChI is InChI=1S/C14H15NO4/c1-3-15-12-8-11(16)5-4-9(12)6-10(14(15)18)7-13(17)19-2/h4-6,8,16H,3,7H2,1-2H3. The number of phenols is 1. The topological polar surface area (TPSA) is 68.5 Å². The maximum atomic E-state index is 12.3. The van der Waals surface area contributed by atoms with Crippen LogP contribution in [0.5, 0.6) is 5.75 Å². The number of esters is 1. The van der Waals surface area contributed by atoms with Gasteiger partial charge in [-0.15, -0.1) is 0 Å². The molecular formula is C14H15NO4. The predicted molar refractivity (Wildman–Crippen MR) is 71.3 cm³/mol. The molecule has 0 amide bonds. The first-order valence-electron chi connectivity index (χ1n) is 5.99. The number of carbonyl (C=O) groups excluding carboxylic acids is 1. The minimum Gasteiger partial charge on any atom is -0.508 e. The molecule has 2 aromatic rings. The average Bonchev–Trinajstić information content (AvgIpc) is 2.40. The van der Waals surface area contributed by atoms with Crippen molar-refractivity contribution in [2.75, 3.05) is 7.11 Å². The smallest absolute Gasteiger partial charge is 0.310 e. The van der Waals surface area contributed by atoms with E-state index in [0.717, 1.165) is 5.39 Å². The normalized spacial score (nSPS) is 10.6. The molecule has 0 radical (unpaired) electrons. The van der Waals surface area contributed by atoms with E-state index in [1.54, 1.807) is 24.3 Å². The van der Waals surface area contributed by atoms with Crippen molar-refractivity contribution in [1.82, 2.24) is 4.57 Å². The van der Waals surface area contributed by atoms with Crippen LogP contribution in [-0.4, -0.2) is 22.8 Å². The van der Waals surface area contributed by atoms with Crippen molar-refractivity contribution in [3.63, 3.8) is 0 Å². The van der Waals surface area contributed by atoms with Crippen LogP contribution in [0.25, 0.3) is 10.9 Å². The van der Waals surface area contributed by atoms with Gasteiger partial charge < -0.3 is 14.4 Å². The molecule has 1 aromatic carbocycles. The van der Waals surface area contributed by atoms with Gasteiger partial charge >= 0.3 is 5.97 Å². The number of carbonyl (C=O) groups is 1. The van der Waals surface area contributed by atoms with Gasteiger partial charge in [0, 0.05) is 18.2 Å². The van der Waals surface area contributed by atoms with E-state index in [0.29, 0.717) is 17.6 Å². The number of ether oxygens (including phenoxy) is 1. The maximum Gasteiger partial charge on any atom is 0.310 e. The fraction of sp³-hybridized carbons (Fsp3) is 0.286. The molecule has 100 valence electrons. The van der Waals surface area contributed by atoms with E-state index in [1.807, 2.05) is 6.92 Å². The summed E-state index contributed by atoms with van der Waals surface area (Å²) in [6.07, 6.45) is -0.0495. The van der Waals surface area contributed by atoms with Crippen molar-refractivity contribution in [2.24, 2.45) is 0 Å². The monoisotopic (exact) mass is 261 g/mol. The van der Waals surface area contributed by atoms with Crippen LogP contribution in [0.1, 0.15) is 12.5 Å². The molecule has 0 bridgehead atoms. The number of nitrogens with zero attached hydrogens (tertiary/aromatic N) is 1. The van der Waals surface area contributed by atoms with Gasteiger partial charge in [0.2, 0.25) is 0 Å². The number of benzene rings is 1. The lowest BCUT2D eigenvalue weighted by atomic mass is 10.1. The average molecular weight is 261 g/mol. The van der Waals surface area contributed by atoms with Crippen LogP contribution < -0.4 is 5.56 Å². The summed E-state index contributed by atoms with van der Waals surface area (Å²) < 4.78 is 6.12. The zero-order chi connectivity index (χ0) is 14.0. The highest BCUT2D eigenvalue weighted by Crippen LogP contribution is 2.19. The number of aryl methyl sites for hydroxylation is 1. The summed E-state index contributed by atoms with van der Waals surface area (Å²) in [5.74, 6) is -0.340. The van der Waals surface area contributed by atoms with E-state index in [1.165, 1.54) is 11.7 Å². The highest BCUT2D eigenvalue weighted by atomic mass is 16.5. The fourth-order valence-corrected chi connectivity index (χ4v) is 2.09. The van der Waals surface area contributed by atoms with Crippen molar-refractivity contribution in [3.05, 3.63) is 40.2 Å². The number of hydrogen-bond acceptors (Lipinski definition) is 4. The summed E-state index contributed by atoms with van der Waals surface area (Å²) >= 11 is 0. The van der Waals surface area contributed by atoms with Gasteiger partial charge in [-0.3, -0.25) is 9.59 Å². The van der Waals surface area contributed by atoms with Crippen molar-refractivity contribution in [3.8, 4) is 5.75 Å². The van der Waals surface area contributed by atoms with E-state index in [-0.39, 0.29) is 17.7 Å². The highest BCUT2D eigenvalue weighted by molar-refractivity contribution is 5.82. The number of aromatic hydroxyl groups is 1. The number of hydrogen-bond donors (Lipinski definition) is 1. The zero-order valence-electron chi connectivity index (χ0n) is 10.8. The molecule has 0 aliphatic rings. The first kappa shape index (κ1) is 13.1. The minimum absolute atomic E-state index is 0.0495. The fourth-order valence-electron chi connectivity index (χ4n) is 2.09. The molecule has 0 aliphatic carbocycles. The molecule has 0 saturated heterocycles. The highest BCUT2D eigenvalue weighted by Gasteiger charge is 2.12. The van der Waals surface area contributed by atoms with E-state index in [2.05, 4.69) is 4.74 Å². The quantitative estimate of drug-likeness (QED) is 0.849. The summed E-state index contributed by atoms with van der Waals surface area (Å²) in [7, 11) is 1.29. The molecule has 19 heavy (non-hydrogen) atoms. The summed E-state index contributed by atoms with van der Waals surface area (Å²) in [5, 5.41) is 10.3. The molecule has 0 fully saturated rings. The Labute approximate surface area is 110 Å². The number of rotatable bonds is 3. The van der Waals surface area contributed by atoms with Crippen LogP contribution in [-0.2, 0) is 22.5 Å². The van der Waals surface area contributed by atoms with Crippen molar-refractivity contribution < 1.29 is 14.6 Å². The molecule has 0 atom stereocenters. The van der Waals surface area contributed by atoms with E-state index >= 15 is 0 Å². The zero-order valence-corrected chi connectivity index (χ0v) is 10.8. The van der Waals surface area contributed by atoms with Gasteiger partial charge in [0.15, 0.2) is 0 Å². The second-order valence-corrected chi connectivity index (χ2v) is 4.22. The van der Waals surface area contributed by atoms with Gasteiger partial charge in [0.05, 0.1) is 19.0 Å². The van der Waals surface area contributed by atoms with Crippen molar-refractivity contribution >= 4 is 16.9 Å². The Morgan fingerprint density at radius 3 is 2.74 bits per heavy atom. The predicted octanol–water partition coefficient (Wildman–Crippen LogP) is 1.44. The van der Waals surface area contributed by atoms with E-state index < -0.39 is 5.97 Å². The lowest BCUT2D eigenvalue weighted by Crippen LogP contribution is -2.25. The van der Waals surface area contributed by atoms with Crippen LogP contribution in [0.2, 0.25) is 0 Å². The summed E-state index contributed by atoms with van der Waals surface area (Å²) in [6.45, 7) is 2.31. The second kappa shape index (κ2) is 5.14. The Hall–Kier alpha value is -2.30. The Bertz CT molecular complexity index is 688. The molecule has 1 N–H and O–H groups in total. The molecule has 5 heteroatoms. The number of aromatic nitrogens is 1.